The van der Waals surface area contributed by atoms with E-state index in [9.17, 15) is 30.3 Å². The third-order valence-corrected chi connectivity index (χ3v) is 5.81. The van der Waals surface area contributed by atoms with Crippen LogP contribution in [0.1, 0.15) is 41.5 Å². The van der Waals surface area contributed by atoms with Crippen LogP contribution in [0.4, 0.5) is 0 Å². The Labute approximate surface area is 161 Å². The first-order chi connectivity index (χ1) is 12.3. The number of carbonyl (C=O) groups excluding carboxylic acids is 1. The first-order valence-electron chi connectivity index (χ1n) is 9.11. The lowest BCUT2D eigenvalue weighted by molar-refractivity contribution is -0.201. The molecule has 0 aromatic carbocycles. The molecule has 0 radical (unpaired) electrons. The van der Waals surface area contributed by atoms with Gasteiger partial charge in [0, 0.05) is 6.08 Å². The minimum absolute atomic E-state index is 0.247. The number of aliphatic hydroxyl groups excluding tert-OH is 5. The van der Waals surface area contributed by atoms with E-state index >= 15 is 0 Å². The molecule has 8 nitrogen and oxygen atoms in total. The zero-order chi connectivity index (χ0) is 21.6. The molecule has 0 aromatic rings. The van der Waals surface area contributed by atoms with Crippen LogP contribution in [-0.2, 0) is 14.3 Å². The number of ether oxygens (including phenoxy) is 2. The van der Waals surface area contributed by atoms with E-state index in [0.29, 0.717) is 0 Å². The molecule has 0 fully saturated rings. The molecule has 0 saturated carbocycles. The highest BCUT2D eigenvalue weighted by Gasteiger charge is 2.50. The average Bonchev–Trinajstić information content (AvgIpc) is 2.52. The second-order valence-electron chi connectivity index (χ2n) is 7.38. The molecule has 6 atom stereocenters. The molecule has 160 valence electrons. The van der Waals surface area contributed by atoms with Gasteiger partial charge in [0.25, 0.3) is 0 Å². The molecule has 0 saturated heterocycles. The number of hydrogen-bond donors (Lipinski definition) is 5. The van der Waals surface area contributed by atoms with Crippen molar-refractivity contribution >= 4 is 5.97 Å². The SMILES string of the molecule is C=CC(=O)OC(C)C(COCC(C(C)O)(C(C)O)C(C)O)(C(C)O)C(C)O. The summed E-state index contributed by atoms with van der Waals surface area (Å²) in [5.74, 6) is -0.709. The molecular formula is C19H36O8. The first-order valence-corrected chi connectivity index (χ1v) is 9.11. The Hall–Kier alpha value is -1.03. The highest BCUT2D eigenvalue weighted by atomic mass is 16.5. The molecule has 0 aliphatic rings. The zero-order valence-corrected chi connectivity index (χ0v) is 17.1. The van der Waals surface area contributed by atoms with Crippen molar-refractivity contribution in [3.63, 3.8) is 0 Å². The smallest absolute Gasteiger partial charge is 0.330 e. The molecule has 5 N–H and O–H groups in total. The lowest BCUT2D eigenvalue weighted by atomic mass is 9.73. The van der Waals surface area contributed by atoms with Crippen molar-refractivity contribution in [1.29, 1.82) is 0 Å². The second-order valence-corrected chi connectivity index (χ2v) is 7.38. The van der Waals surface area contributed by atoms with Gasteiger partial charge in [-0.2, -0.15) is 0 Å². The van der Waals surface area contributed by atoms with Gasteiger partial charge in [0.1, 0.15) is 6.10 Å². The van der Waals surface area contributed by atoms with E-state index < -0.39 is 53.4 Å². The van der Waals surface area contributed by atoms with Crippen LogP contribution in [0.3, 0.4) is 0 Å². The molecule has 0 rings (SSSR count). The molecule has 0 bridgehead atoms. The molecular weight excluding hydrogens is 356 g/mol. The van der Waals surface area contributed by atoms with E-state index in [4.69, 9.17) is 9.47 Å². The Morgan fingerprint density at radius 2 is 1.15 bits per heavy atom. The lowest BCUT2D eigenvalue weighted by Gasteiger charge is -2.45. The fraction of sp³-hybridized carbons (Fsp3) is 0.842. The van der Waals surface area contributed by atoms with E-state index in [1.165, 1.54) is 41.5 Å². The fourth-order valence-electron chi connectivity index (χ4n) is 3.53. The van der Waals surface area contributed by atoms with E-state index in [2.05, 4.69) is 6.58 Å². The summed E-state index contributed by atoms with van der Waals surface area (Å²) in [7, 11) is 0. The molecule has 0 amide bonds. The Kier molecular flexibility index (Phi) is 10.1. The molecule has 27 heavy (non-hydrogen) atoms. The van der Waals surface area contributed by atoms with Gasteiger partial charge in [0.05, 0.1) is 54.6 Å². The summed E-state index contributed by atoms with van der Waals surface area (Å²) in [5.41, 5.74) is -2.75. The van der Waals surface area contributed by atoms with Crippen molar-refractivity contribution in [3.8, 4) is 0 Å². The van der Waals surface area contributed by atoms with Crippen molar-refractivity contribution in [2.45, 2.75) is 78.2 Å². The molecule has 0 aliphatic carbocycles. The third-order valence-electron chi connectivity index (χ3n) is 5.81. The Balaban J connectivity index is 5.64. The minimum atomic E-state index is -1.37. The van der Waals surface area contributed by atoms with Crippen LogP contribution in [0.25, 0.3) is 0 Å². The van der Waals surface area contributed by atoms with Crippen LogP contribution in [0, 0.1) is 10.8 Å². The van der Waals surface area contributed by atoms with Crippen LogP contribution in [0.15, 0.2) is 12.7 Å². The molecule has 6 unspecified atom stereocenters. The number of esters is 1. The van der Waals surface area contributed by atoms with Gasteiger partial charge < -0.3 is 35.0 Å². The largest absolute Gasteiger partial charge is 0.459 e. The van der Waals surface area contributed by atoms with Crippen LogP contribution in [-0.4, -0.2) is 81.3 Å². The lowest BCUT2D eigenvalue weighted by Crippen LogP contribution is -2.57. The van der Waals surface area contributed by atoms with E-state index in [0.717, 1.165) is 6.08 Å². The summed E-state index contributed by atoms with van der Waals surface area (Å²) in [4.78, 5) is 11.6. The number of rotatable bonds is 12. The van der Waals surface area contributed by atoms with Crippen LogP contribution < -0.4 is 0 Å². The summed E-state index contributed by atoms with van der Waals surface area (Å²) in [6.07, 6.45) is -5.48. The minimum Gasteiger partial charge on any atom is -0.459 e. The maximum Gasteiger partial charge on any atom is 0.330 e. The average molecular weight is 392 g/mol. The van der Waals surface area contributed by atoms with E-state index in [1.54, 1.807) is 0 Å². The molecule has 8 heteroatoms. The van der Waals surface area contributed by atoms with Gasteiger partial charge in [0.2, 0.25) is 0 Å². The van der Waals surface area contributed by atoms with Crippen molar-refractivity contribution in [3.05, 3.63) is 12.7 Å². The van der Waals surface area contributed by atoms with Crippen LogP contribution in [0.5, 0.6) is 0 Å². The van der Waals surface area contributed by atoms with Gasteiger partial charge in [-0.05, 0) is 41.5 Å². The summed E-state index contributed by atoms with van der Waals surface area (Å²) < 4.78 is 10.9. The van der Waals surface area contributed by atoms with Gasteiger partial charge in [0.15, 0.2) is 0 Å². The van der Waals surface area contributed by atoms with Gasteiger partial charge in [-0.15, -0.1) is 0 Å². The van der Waals surface area contributed by atoms with E-state index in [1.807, 2.05) is 0 Å². The normalized spacial score (nSPS) is 23.1. The standard InChI is InChI=1S/C19H36O8/c1-8-17(25)27-16(7)19(14(5)23,15(6)24)10-26-9-18(11(2)20,12(3)21)13(4)22/h8,11-16,20-24H,1,9-10H2,2-7H3. The van der Waals surface area contributed by atoms with Crippen LogP contribution >= 0.6 is 0 Å². The number of hydrogen-bond acceptors (Lipinski definition) is 8. The maximum absolute atomic E-state index is 11.6. The van der Waals surface area contributed by atoms with Gasteiger partial charge in [-0.25, -0.2) is 4.79 Å². The Morgan fingerprint density at radius 1 is 0.815 bits per heavy atom. The topological polar surface area (TPSA) is 137 Å². The monoisotopic (exact) mass is 392 g/mol. The van der Waals surface area contributed by atoms with Crippen molar-refractivity contribution in [2.75, 3.05) is 13.2 Å². The molecule has 0 heterocycles. The summed E-state index contributed by atoms with van der Waals surface area (Å²) in [6, 6.07) is 0. The number of aliphatic hydroxyl groups is 5. The van der Waals surface area contributed by atoms with Gasteiger partial charge in [-0.3, -0.25) is 0 Å². The third kappa shape index (κ3) is 5.49. The van der Waals surface area contributed by atoms with Crippen molar-refractivity contribution < 1.29 is 39.8 Å². The quantitative estimate of drug-likeness (QED) is 0.231. The van der Waals surface area contributed by atoms with Crippen LogP contribution in [0.2, 0.25) is 0 Å². The summed E-state index contributed by atoms with van der Waals surface area (Å²) in [5, 5.41) is 51.1. The van der Waals surface area contributed by atoms with E-state index in [-0.39, 0.29) is 13.2 Å². The Bertz CT molecular complexity index is 441. The summed E-state index contributed by atoms with van der Waals surface area (Å²) >= 11 is 0. The Morgan fingerprint density at radius 3 is 1.44 bits per heavy atom. The highest BCUT2D eigenvalue weighted by molar-refractivity contribution is 5.81. The first kappa shape index (κ1) is 26.0. The van der Waals surface area contributed by atoms with Gasteiger partial charge in [-0.1, -0.05) is 6.58 Å². The molecule has 0 aromatic heterocycles. The second kappa shape index (κ2) is 10.5. The number of carbonyl (C=O) groups is 1. The maximum atomic E-state index is 11.6. The molecule has 0 aliphatic heterocycles. The fourth-order valence-corrected chi connectivity index (χ4v) is 3.53. The summed E-state index contributed by atoms with van der Waals surface area (Å²) in [6.45, 7) is 11.6. The van der Waals surface area contributed by atoms with Crippen molar-refractivity contribution in [2.24, 2.45) is 10.8 Å². The predicted molar refractivity (Wildman–Crippen MR) is 99.8 cm³/mol. The van der Waals surface area contributed by atoms with Gasteiger partial charge >= 0.3 is 5.97 Å². The highest BCUT2D eigenvalue weighted by Crippen LogP contribution is 2.37. The van der Waals surface area contributed by atoms with Crippen molar-refractivity contribution in [1.82, 2.24) is 0 Å². The molecule has 0 spiro atoms. The zero-order valence-electron chi connectivity index (χ0n) is 17.1. The predicted octanol–water partition coefficient (Wildman–Crippen LogP) is -0.00250.